The van der Waals surface area contributed by atoms with Crippen molar-refractivity contribution < 1.29 is 9.90 Å². The summed E-state index contributed by atoms with van der Waals surface area (Å²) in [7, 11) is 1.64. The highest BCUT2D eigenvalue weighted by molar-refractivity contribution is 5.73. The SMILES string of the molecule is CN(CCO)C(=O)NCc1cnn(-c2ccccc2)c1. The summed E-state index contributed by atoms with van der Waals surface area (Å²) in [6.07, 6.45) is 3.60. The number of aliphatic hydroxyl groups is 1. The number of carbonyl (C=O) groups is 1. The Kier molecular flexibility index (Phi) is 4.73. The number of urea groups is 1. The topological polar surface area (TPSA) is 70.4 Å². The van der Waals surface area contributed by atoms with Gasteiger partial charge < -0.3 is 15.3 Å². The molecule has 0 aliphatic rings. The minimum Gasteiger partial charge on any atom is -0.395 e. The highest BCUT2D eigenvalue weighted by Gasteiger charge is 2.07. The molecule has 1 aromatic heterocycles. The van der Waals surface area contributed by atoms with E-state index < -0.39 is 0 Å². The second-order valence-electron chi connectivity index (χ2n) is 4.43. The molecule has 0 aliphatic heterocycles. The smallest absolute Gasteiger partial charge is 0.317 e. The van der Waals surface area contributed by atoms with Crippen LogP contribution in [0.25, 0.3) is 5.69 Å². The summed E-state index contributed by atoms with van der Waals surface area (Å²) in [5.74, 6) is 0. The zero-order chi connectivity index (χ0) is 14.4. The van der Waals surface area contributed by atoms with Crippen molar-refractivity contribution in [1.82, 2.24) is 20.0 Å². The first kappa shape index (κ1) is 14.1. The van der Waals surface area contributed by atoms with Gasteiger partial charge in [-0.25, -0.2) is 9.48 Å². The Hall–Kier alpha value is -2.34. The van der Waals surface area contributed by atoms with Crippen LogP contribution in [0.1, 0.15) is 5.56 Å². The quantitative estimate of drug-likeness (QED) is 0.854. The molecule has 2 aromatic rings. The van der Waals surface area contributed by atoms with Crippen molar-refractivity contribution in [2.24, 2.45) is 0 Å². The van der Waals surface area contributed by atoms with Gasteiger partial charge >= 0.3 is 6.03 Å². The van der Waals surface area contributed by atoms with Gasteiger partial charge in [-0.05, 0) is 12.1 Å². The fourth-order valence-electron chi connectivity index (χ4n) is 1.74. The van der Waals surface area contributed by atoms with Gasteiger partial charge in [-0.1, -0.05) is 18.2 Å². The summed E-state index contributed by atoms with van der Waals surface area (Å²) < 4.78 is 1.76. The van der Waals surface area contributed by atoms with Crippen LogP contribution < -0.4 is 5.32 Å². The van der Waals surface area contributed by atoms with Gasteiger partial charge in [0, 0.05) is 31.9 Å². The Labute approximate surface area is 117 Å². The number of aliphatic hydroxyl groups excluding tert-OH is 1. The number of rotatable bonds is 5. The number of benzene rings is 1. The zero-order valence-electron chi connectivity index (χ0n) is 11.4. The van der Waals surface area contributed by atoms with Gasteiger partial charge in [0.1, 0.15) is 0 Å². The zero-order valence-corrected chi connectivity index (χ0v) is 11.4. The van der Waals surface area contributed by atoms with E-state index in [0.717, 1.165) is 11.3 Å². The molecular weight excluding hydrogens is 256 g/mol. The number of carbonyl (C=O) groups excluding carboxylic acids is 1. The second-order valence-corrected chi connectivity index (χ2v) is 4.43. The third kappa shape index (κ3) is 3.58. The lowest BCUT2D eigenvalue weighted by Gasteiger charge is -2.15. The number of nitrogens with zero attached hydrogens (tertiary/aromatic N) is 3. The third-order valence-corrected chi connectivity index (χ3v) is 2.88. The van der Waals surface area contributed by atoms with Crippen LogP contribution in [-0.2, 0) is 6.54 Å². The molecule has 0 saturated heterocycles. The van der Waals surface area contributed by atoms with Crippen molar-refractivity contribution in [3.05, 3.63) is 48.3 Å². The molecule has 106 valence electrons. The van der Waals surface area contributed by atoms with Gasteiger partial charge in [-0.15, -0.1) is 0 Å². The monoisotopic (exact) mass is 274 g/mol. The molecule has 6 nitrogen and oxygen atoms in total. The summed E-state index contributed by atoms with van der Waals surface area (Å²) in [6.45, 7) is 0.673. The largest absolute Gasteiger partial charge is 0.395 e. The Morgan fingerprint density at radius 3 is 2.85 bits per heavy atom. The van der Waals surface area contributed by atoms with E-state index in [-0.39, 0.29) is 12.6 Å². The van der Waals surface area contributed by atoms with Crippen molar-refractivity contribution in [2.75, 3.05) is 20.2 Å². The average Bonchev–Trinajstić information content (AvgIpc) is 2.95. The van der Waals surface area contributed by atoms with Gasteiger partial charge in [0.25, 0.3) is 0 Å². The maximum absolute atomic E-state index is 11.7. The Morgan fingerprint density at radius 1 is 1.40 bits per heavy atom. The number of hydrogen-bond donors (Lipinski definition) is 2. The van der Waals surface area contributed by atoms with Crippen molar-refractivity contribution in [3.63, 3.8) is 0 Å². The molecule has 20 heavy (non-hydrogen) atoms. The van der Waals surface area contributed by atoms with Gasteiger partial charge in [-0.2, -0.15) is 5.10 Å². The number of hydrogen-bond acceptors (Lipinski definition) is 3. The first-order chi connectivity index (χ1) is 9.70. The van der Waals surface area contributed by atoms with E-state index in [4.69, 9.17) is 5.11 Å². The third-order valence-electron chi connectivity index (χ3n) is 2.88. The highest BCUT2D eigenvalue weighted by atomic mass is 16.3. The first-order valence-electron chi connectivity index (χ1n) is 6.39. The predicted octanol–water partition coefficient (Wildman–Crippen LogP) is 1.01. The fraction of sp³-hybridized carbons (Fsp3) is 0.286. The number of likely N-dealkylation sites (N-methyl/N-ethyl adjacent to an activating group) is 1. The molecule has 0 spiro atoms. The Morgan fingerprint density at radius 2 is 2.15 bits per heavy atom. The maximum Gasteiger partial charge on any atom is 0.317 e. The molecule has 6 heteroatoms. The summed E-state index contributed by atoms with van der Waals surface area (Å²) in [4.78, 5) is 13.1. The lowest BCUT2D eigenvalue weighted by Crippen LogP contribution is -2.38. The summed E-state index contributed by atoms with van der Waals surface area (Å²) in [5.41, 5.74) is 1.89. The first-order valence-corrected chi connectivity index (χ1v) is 6.39. The molecule has 0 atom stereocenters. The van der Waals surface area contributed by atoms with Crippen molar-refractivity contribution in [2.45, 2.75) is 6.54 Å². The summed E-state index contributed by atoms with van der Waals surface area (Å²) >= 11 is 0. The van der Waals surface area contributed by atoms with Gasteiger partial charge in [-0.3, -0.25) is 0 Å². The molecular formula is C14H18N4O2. The van der Waals surface area contributed by atoms with Crippen LogP contribution in [0.4, 0.5) is 4.79 Å². The van der Waals surface area contributed by atoms with E-state index in [1.54, 1.807) is 17.9 Å². The van der Waals surface area contributed by atoms with Gasteiger partial charge in [0.2, 0.25) is 0 Å². The minimum atomic E-state index is -0.216. The standard InChI is InChI=1S/C14H18N4O2/c1-17(7-8-19)14(20)15-9-12-10-16-18(11-12)13-5-3-2-4-6-13/h2-6,10-11,19H,7-9H2,1H3,(H,15,20). The van der Waals surface area contributed by atoms with E-state index in [9.17, 15) is 4.79 Å². The van der Waals surface area contributed by atoms with Crippen molar-refractivity contribution in [1.29, 1.82) is 0 Å². The number of aromatic nitrogens is 2. The molecule has 2 amide bonds. The number of para-hydroxylation sites is 1. The summed E-state index contributed by atoms with van der Waals surface area (Å²) in [5, 5.41) is 15.8. The molecule has 0 radical (unpaired) electrons. The molecule has 2 N–H and O–H groups in total. The van der Waals surface area contributed by atoms with Crippen LogP contribution >= 0.6 is 0 Å². The highest BCUT2D eigenvalue weighted by Crippen LogP contribution is 2.07. The van der Waals surface area contributed by atoms with Crippen molar-refractivity contribution >= 4 is 6.03 Å². The normalized spacial score (nSPS) is 10.3. The lowest BCUT2D eigenvalue weighted by atomic mass is 10.3. The molecule has 0 aliphatic carbocycles. The van der Waals surface area contributed by atoms with Gasteiger partial charge in [0.05, 0.1) is 18.5 Å². The second kappa shape index (κ2) is 6.72. The van der Waals surface area contributed by atoms with E-state index in [1.165, 1.54) is 4.90 Å². The molecule has 2 rings (SSSR count). The van der Waals surface area contributed by atoms with E-state index in [1.807, 2.05) is 36.5 Å². The van der Waals surface area contributed by atoms with Crippen LogP contribution in [0.5, 0.6) is 0 Å². The molecule has 0 unspecified atom stereocenters. The molecule has 0 bridgehead atoms. The fourth-order valence-corrected chi connectivity index (χ4v) is 1.74. The lowest BCUT2D eigenvalue weighted by molar-refractivity contribution is 0.190. The molecule has 0 saturated carbocycles. The van der Waals surface area contributed by atoms with E-state index >= 15 is 0 Å². The van der Waals surface area contributed by atoms with Crippen molar-refractivity contribution in [3.8, 4) is 5.69 Å². The van der Waals surface area contributed by atoms with Crippen LogP contribution in [0, 0.1) is 0 Å². The summed E-state index contributed by atoms with van der Waals surface area (Å²) in [6, 6.07) is 9.55. The molecule has 0 fully saturated rings. The van der Waals surface area contributed by atoms with Gasteiger partial charge in [0.15, 0.2) is 0 Å². The molecule has 1 heterocycles. The van der Waals surface area contributed by atoms with Crippen LogP contribution in [0.2, 0.25) is 0 Å². The Balaban J connectivity index is 1.92. The predicted molar refractivity (Wildman–Crippen MR) is 75.5 cm³/mol. The Bertz CT molecular complexity index is 553. The van der Waals surface area contributed by atoms with Crippen LogP contribution in [0.3, 0.4) is 0 Å². The minimum absolute atomic E-state index is 0.0458. The van der Waals surface area contributed by atoms with E-state index in [2.05, 4.69) is 10.4 Å². The average molecular weight is 274 g/mol. The molecule has 1 aromatic carbocycles. The number of nitrogens with one attached hydrogen (secondary N) is 1. The maximum atomic E-state index is 11.7. The van der Waals surface area contributed by atoms with Crippen LogP contribution in [0.15, 0.2) is 42.7 Å². The van der Waals surface area contributed by atoms with E-state index in [0.29, 0.717) is 13.1 Å². The van der Waals surface area contributed by atoms with Crippen LogP contribution in [-0.4, -0.2) is 46.0 Å². The number of amides is 2.